The predicted molar refractivity (Wildman–Crippen MR) is 138 cm³/mol. The van der Waals surface area contributed by atoms with Gasteiger partial charge < -0.3 is 14.8 Å². The Morgan fingerprint density at radius 3 is 2.22 bits per heavy atom. The summed E-state index contributed by atoms with van der Waals surface area (Å²) in [7, 11) is -2.69. The first-order valence-electron chi connectivity index (χ1n) is 11.5. The van der Waals surface area contributed by atoms with Crippen molar-refractivity contribution >= 4 is 33.4 Å². The highest BCUT2D eigenvalue weighted by atomic mass is 32.2. The number of hydrogen-bond acceptors (Lipinski definition) is 7. The molecule has 1 atom stereocenters. The van der Waals surface area contributed by atoms with Crippen molar-refractivity contribution in [3.8, 4) is 0 Å². The molecule has 192 valence electrons. The van der Waals surface area contributed by atoms with Crippen LogP contribution in [0.2, 0.25) is 0 Å². The molecule has 0 bridgehead atoms. The van der Waals surface area contributed by atoms with Gasteiger partial charge in [-0.25, -0.2) is 13.2 Å². The third-order valence-corrected chi connectivity index (χ3v) is 8.67. The molecule has 0 spiro atoms. The fraction of sp³-hybridized carbons (Fsp3) is 0.308. The van der Waals surface area contributed by atoms with Crippen molar-refractivity contribution in [2.75, 3.05) is 13.7 Å². The Hall–Kier alpha value is -3.21. The number of methoxy groups -OCH3 is 1. The van der Waals surface area contributed by atoms with Gasteiger partial charge in [0.05, 0.1) is 7.11 Å². The number of alkyl carbamates (subject to hydrolysis) is 1. The summed E-state index contributed by atoms with van der Waals surface area (Å²) in [5.41, 5.74) is 1.65. The van der Waals surface area contributed by atoms with E-state index in [2.05, 4.69) is 5.32 Å². The first-order chi connectivity index (χ1) is 17.4. The minimum Gasteiger partial charge on any atom is -0.468 e. The monoisotopic (exact) mass is 530 g/mol. The average molecular weight is 531 g/mol. The van der Waals surface area contributed by atoms with Crippen molar-refractivity contribution in [3.05, 3.63) is 89.3 Å². The summed E-state index contributed by atoms with van der Waals surface area (Å²) in [4.78, 5) is 24.7. The Morgan fingerprint density at radius 2 is 1.61 bits per heavy atom. The van der Waals surface area contributed by atoms with Crippen LogP contribution >= 0.6 is 11.3 Å². The Bertz CT molecular complexity index is 1190. The molecule has 0 aliphatic rings. The molecule has 1 unspecified atom stereocenters. The normalized spacial score (nSPS) is 12.2. The molecule has 0 aliphatic carbocycles. The maximum atomic E-state index is 13.5. The van der Waals surface area contributed by atoms with Gasteiger partial charge >= 0.3 is 12.1 Å². The Labute approximate surface area is 215 Å². The van der Waals surface area contributed by atoms with Gasteiger partial charge in [-0.2, -0.15) is 4.31 Å². The van der Waals surface area contributed by atoms with Crippen LogP contribution in [0.3, 0.4) is 0 Å². The summed E-state index contributed by atoms with van der Waals surface area (Å²) >= 11 is 1.10. The molecule has 0 saturated carbocycles. The van der Waals surface area contributed by atoms with E-state index in [-0.39, 0.29) is 23.8 Å². The lowest BCUT2D eigenvalue weighted by Gasteiger charge is -2.29. The van der Waals surface area contributed by atoms with Crippen molar-refractivity contribution in [3.63, 3.8) is 0 Å². The van der Waals surface area contributed by atoms with E-state index in [0.29, 0.717) is 19.4 Å². The van der Waals surface area contributed by atoms with Crippen LogP contribution in [-0.2, 0) is 37.4 Å². The zero-order valence-electron chi connectivity index (χ0n) is 20.0. The van der Waals surface area contributed by atoms with E-state index in [9.17, 15) is 18.0 Å². The van der Waals surface area contributed by atoms with Crippen LogP contribution in [0, 0.1) is 0 Å². The average Bonchev–Trinajstić information content (AvgIpc) is 3.45. The van der Waals surface area contributed by atoms with Gasteiger partial charge in [0.2, 0.25) is 0 Å². The highest BCUT2D eigenvalue weighted by Gasteiger charge is 2.37. The summed E-state index contributed by atoms with van der Waals surface area (Å²) in [5.74, 6) is -0.624. The van der Waals surface area contributed by atoms with Gasteiger partial charge in [-0.15, -0.1) is 11.3 Å². The molecule has 1 heterocycles. The van der Waals surface area contributed by atoms with E-state index in [1.54, 1.807) is 11.4 Å². The summed E-state index contributed by atoms with van der Waals surface area (Å²) in [6.07, 6.45) is 0.732. The van der Waals surface area contributed by atoms with E-state index < -0.39 is 28.1 Å². The van der Waals surface area contributed by atoms with E-state index in [4.69, 9.17) is 9.47 Å². The molecule has 0 radical (unpaired) electrons. The number of unbranched alkanes of at least 4 members (excludes halogenated alkanes) is 1. The van der Waals surface area contributed by atoms with Crippen molar-refractivity contribution in [1.82, 2.24) is 9.62 Å². The fourth-order valence-electron chi connectivity index (χ4n) is 3.59. The molecule has 3 rings (SSSR count). The topological polar surface area (TPSA) is 102 Å². The van der Waals surface area contributed by atoms with Crippen LogP contribution in [0.5, 0.6) is 0 Å². The number of hydrogen-bond donors (Lipinski definition) is 1. The van der Waals surface area contributed by atoms with Gasteiger partial charge in [0.1, 0.15) is 16.9 Å². The lowest BCUT2D eigenvalue weighted by molar-refractivity contribution is -0.145. The molecular formula is C26H30N2O6S2. The van der Waals surface area contributed by atoms with Gasteiger partial charge in [-0.1, -0.05) is 66.7 Å². The van der Waals surface area contributed by atoms with E-state index in [0.717, 1.165) is 22.5 Å². The molecular weight excluding hydrogens is 500 g/mol. The number of esters is 1. The minimum absolute atomic E-state index is 0.0326. The maximum absolute atomic E-state index is 13.5. The summed E-state index contributed by atoms with van der Waals surface area (Å²) in [6, 6.07) is 20.7. The molecule has 0 fully saturated rings. The smallest absolute Gasteiger partial charge is 0.407 e. The second-order valence-corrected chi connectivity index (χ2v) is 11.1. The Morgan fingerprint density at radius 1 is 0.944 bits per heavy atom. The molecule has 10 heteroatoms. The number of carbonyl (C=O) groups is 2. The van der Waals surface area contributed by atoms with Crippen molar-refractivity contribution in [1.29, 1.82) is 0 Å². The number of sulfonamides is 1. The van der Waals surface area contributed by atoms with Crippen LogP contribution < -0.4 is 5.32 Å². The number of nitrogens with zero attached hydrogens (tertiary/aromatic N) is 1. The number of amides is 1. The number of ether oxygens (including phenoxy) is 2. The molecule has 2 aromatic carbocycles. The van der Waals surface area contributed by atoms with Gasteiger partial charge in [0.25, 0.3) is 10.0 Å². The van der Waals surface area contributed by atoms with Crippen molar-refractivity contribution in [2.45, 2.75) is 42.7 Å². The van der Waals surface area contributed by atoms with Crippen molar-refractivity contribution in [2.24, 2.45) is 0 Å². The highest BCUT2D eigenvalue weighted by Crippen LogP contribution is 2.27. The van der Waals surface area contributed by atoms with Gasteiger partial charge in [-0.3, -0.25) is 4.79 Å². The lowest BCUT2D eigenvalue weighted by atomic mass is 10.1. The molecule has 8 nitrogen and oxygen atoms in total. The highest BCUT2D eigenvalue weighted by molar-refractivity contribution is 7.91. The first-order valence-corrected chi connectivity index (χ1v) is 13.9. The van der Waals surface area contributed by atoms with Crippen LogP contribution in [0.1, 0.15) is 30.4 Å². The molecule has 0 saturated heterocycles. The van der Waals surface area contributed by atoms with Crippen LogP contribution in [0.15, 0.2) is 82.4 Å². The number of rotatable bonds is 13. The van der Waals surface area contributed by atoms with Gasteiger partial charge in [-0.05, 0) is 41.8 Å². The number of carbonyl (C=O) groups excluding carboxylic acids is 2. The number of benzene rings is 2. The zero-order valence-corrected chi connectivity index (χ0v) is 21.7. The van der Waals surface area contributed by atoms with Crippen LogP contribution in [-0.4, -0.2) is 44.5 Å². The van der Waals surface area contributed by atoms with Crippen LogP contribution in [0.4, 0.5) is 4.79 Å². The SMILES string of the molecule is COC(=O)C(CCCCNC(=O)OCc1ccccc1)N(Cc1ccccc1)S(=O)(=O)c1cccs1. The van der Waals surface area contributed by atoms with Gasteiger partial charge in [0, 0.05) is 13.1 Å². The maximum Gasteiger partial charge on any atom is 0.407 e. The number of nitrogens with one attached hydrogen (secondary N) is 1. The Balaban J connectivity index is 1.61. The fourth-order valence-corrected chi connectivity index (χ4v) is 6.31. The molecule has 3 aromatic rings. The minimum atomic E-state index is -3.94. The van der Waals surface area contributed by atoms with Crippen LogP contribution in [0.25, 0.3) is 0 Å². The molecule has 1 amide bonds. The second kappa shape index (κ2) is 13.8. The predicted octanol–water partition coefficient (Wildman–Crippen LogP) is 4.58. The quantitative estimate of drug-likeness (QED) is 0.256. The van der Waals surface area contributed by atoms with Gasteiger partial charge in [0.15, 0.2) is 0 Å². The van der Waals surface area contributed by atoms with E-state index in [1.807, 2.05) is 60.7 Å². The molecule has 1 aromatic heterocycles. The van der Waals surface area contributed by atoms with E-state index in [1.165, 1.54) is 17.5 Å². The third kappa shape index (κ3) is 7.91. The first kappa shape index (κ1) is 27.4. The summed E-state index contributed by atoms with van der Waals surface area (Å²) < 4.78 is 38.5. The second-order valence-electron chi connectivity index (χ2n) is 7.99. The Kier molecular flexibility index (Phi) is 10.5. The van der Waals surface area contributed by atoms with Crippen molar-refractivity contribution < 1.29 is 27.5 Å². The summed E-state index contributed by atoms with van der Waals surface area (Å²) in [6.45, 7) is 0.537. The summed E-state index contributed by atoms with van der Waals surface area (Å²) in [5, 5.41) is 4.37. The zero-order chi connectivity index (χ0) is 25.8. The molecule has 36 heavy (non-hydrogen) atoms. The van der Waals surface area contributed by atoms with E-state index >= 15 is 0 Å². The third-order valence-electron chi connectivity index (χ3n) is 5.45. The molecule has 0 aliphatic heterocycles. The lowest BCUT2D eigenvalue weighted by Crippen LogP contribution is -2.45. The standard InChI is InChI=1S/C26H30N2O6S2/c1-33-25(29)23(15-8-9-17-27-26(30)34-20-22-13-6-3-7-14-22)28(19-21-11-4-2-5-12-21)36(31,32)24-16-10-18-35-24/h2-7,10-14,16,18,23H,8-9,15,17,19-20H2,1H3,(H,27,30). The number of thiophene rings is 1. The largest absolute Gasteiger partial charge is 0.468 e. The molecule has 1 N–H and O–H groups in total.